The van der Waals surface area contributed by atoms with E-state index in [9.17, 15) is 9.59 Å². The second kappa shape index (κ2) is 6.83. The molecule has 0 spiro atoms. The summed E-state index contributed by atoms with van der Waals surface area (Å²) in [6.07, 6.45) is 0. The minimum Gasteiger partial charge on any atom is -0.353 e. The van der Waals surface area contributed by atoms with E-state index in [2.05, 4.69) is 10.3 Å². The zero-order valence-electron chi connectivity index (χ0n) is 13.5. The number of aryl methyl sites for hydroxylation is 2. The van der Waals surface area contributed by atoms with Gasteiger partial charge < -0.3 is 5.32 Å². The molecule has 7 heteroatoms. The van der Waals surface area contributed by atoms with Gasteiger partial charge in [0.25, 0.3) is 5.56 Å². The lowest BCUT2D eigenvalue weighted by Gasteiger charge is -2.11. The summed E-state index contributed by atoms with van der Waals surface area (Å²) in [5.41, 5.74) is 0.995. The Kier molecular flexibility index (Phi) is 5.28. The van der Waals surface area contributed by atoms with Crippen LogP contribution in [0.4, 0.5) is 0 Å². The van der Waals surface area contributed by atoms with Gasteiger partial charge >= 0.3 is 0 Å². The molecule has 2 heterocycles. The highest BCUT2D eigenvalue weighted by molar-refractivity contribution is 7.99. The Balaban J connectivity index is 2.37. The Morgan fingerprint density at radius 1 is 1.41 bits per heavy atom. The van der Waals surface area contributed by atoms with E-state index in [0.29, 0.717) is 17.1 Å². The standard InChI is InChI=1S/C15H21N3O2S2/c1-6-18-14(20)12-9(4)10(5)22-13(12)17-15(18)21-7-11(19)16-8(2)3/h8H,6-7H2,1-5H3,(H,16,19). The van der Waals surface area contributed by atoms with Gasteiger partial charge in [0.15, 0.2) is 5.16 Å². The number of hydrogen-bond acceptors (Lipinski definition) is 5. The van der Waals surface area contributed by atoms with Gasteiger partial charge in [-0.05, 0) is 40.2 Å². The minimum atomic E-state index is -0.0458. The van der Waals surface area contributed by atoms with Gasteiger partial charge in [-0.1, -0.05) is 11.8 Å². The first-order valence-electron chi connectivity index (χ1n) is 7.27. The molecular weight excluding hydrogens is 318 g/mol. The van der Waals surface area contributed by atoms with E-state index in [-0.39, 0.29) is 23.3 Å². The van der Waals surface area contributed by atoms with Gasteiger partial charge in [-0.3, -0.25) is 14.2 Å². The van der Waals surface area contributed by atoms with E-state index in [1.54, 1.807) is 4.57 Å². The molecule has 2 rings (SSSR count). The molecule has 0 unspecified atom stereocenters. The molecule has 0 radical (unpaired) electrons. The molecular formula is C15H21N3O2S2. The topological polar surface area (TPSA) is 64.0 Å². The van der Waals surface area contributed by atoms with E-state index in [4.69, 9.17) is 0 Å². The fraction of sp³-hybridized carbons (Fsp3) is 0.533. The van der Waals surface area contributed by atoms with Gasteiger partial charge in [-0.25, -0.2) is 4.98 Å². The third-order valence-electron chi connectivity index (χ3n) is 3.35. The summed E-state index contributed by atoms with van der Waals surface area (Å²) in [7, 11) is 0. The Morgan fingerprint density at radius 2 is 2.09 bits per heavy atom. The van der Waals surface area contributed by atoms with Crippen LogP contribution in [0.2, 0.25) is 0 Å². The molecule has 1 amide bonds. The number of nitrogens with one attached hydrogen (secondary N) is 1. The van der Waals surface area contributed by atoms with Crippen molar-refractivity contribution in [2.75, 3.05) is 5.75 Å². The molecule has 22 heavy (non-hydrogen) atoms. The van der Waals surface area contributed by atoms with Crippen LogP contribution in [0.3, 0.4) is 0 Å². The largest absolute Gasteiger partial charge is 0.353 e. The lowest BCUT2D eigenvalue weighted by Crippen LogP contribution is -2.32. The highest BCUT2D eigenvalue weighted by Crippen LogP contribution is 2.28. The predicted molar refractivity (Wildman–Crippen MR) is 93.0 cm³/mol. The first kappa shape index (κ1) is 17.0. The Morgan fingerprint density at radius 3 is 2.68 bits per heavy atom. The van der Waals surface area contributed by atoms with Crippen LogP contribution >= 0.6 is 23.1 Å². The number of aromatic nitrogens is 2. The molecule has 0 aliphatic carbocycles. The molecule has 2 aromatic rings. The van der Waals surface area contributed by atoms with Crippen LogP contribution < -0.4 is 10.9 Å². The lowest BCUT2D eigenvalue weighted by atomic mass is 10.2. The lowest BCUT2D eigenvalue weighted by molar-refractivity contribution is -0.119. The molecule has 0 aromatic carbocycles. The van der Waals surface area contributed by atoms with Crippen LogP contribution in [0.25, 0.3) is 10.2 Å². The summed E-state index contributed by atoms with van der Waals surface area (Å²) < 4.78 is 1.65. The molecule has 1 N–H and O–H groups in total. The number of carbonyl (C=O) groups is 1. The van der Waals surface area contributed by atoms with E-state index in [1.807, 2.05) is 34.6 Å². The van der Waals surface area contributed by atoms with Crippen molar-refractivity contribution < 1.29 is 4.79 Å². The van der Waals surface area contributed by atoms with Crippen LogP contribution in [0.1, 0.15) is 31.2 Å². The number of nitrogens with zero attached hydrogens (tertiary/aromatic N) is 2. The van der Waals surface area contributed by atoms with Crippen molar-refractivity contribution in [3.63, 3.8) is 0 Å². The van der Waals surface area contributed by atoms with Crippen molar-refractivity contribution in [3.05, 3.63) is 20.8 Å². The molecule has 0 aliphatic rings. The number of thioether (sulfide) groups is 1. The molecule has 0 fully saturated rings. The highest BCUT2D eigenvalue weighted by Gasteiger charge is 2.16. The van der Waals surface area contributed by atoms with Crippen molar-refractivity contribution in [1.82, 2.24) is 14.9 Å². The molecule has 0 aliphatic heterocycles. The fourth-order valence-corrected chi connectivity index (χ4v) is 4.14. The van der Waals surface area contributed by atoms with Gasteiger partial charge in [-0.2, -0.15) is 0 Å². The second-order valence-electron chi connectivity index (χ2n) is 5.42. The number of rotatable bonds is 5. The van der Waals surface area contributed by atoms with Gasteiger partial charge in [0.05, 0.1) is 11.1 Å². The smallest absolute Gasteiger partial charge is 0.263 e. The zero-order valence-corrected chi connectivity index (χ0v) is 15.2. The quantitative estimate of drug-likeness (QED) is 0.672. The van der Waals surface area contributed by atoms with E-state index < -0.39 is 0 Å². The summed E-state index contributed by atoms with van der Waals surface area (Å²) in [4.78, 5) is 30.9. The monoisotopic (exact) mass is 339 g/mol. The number of thiophene rings is 1. The third-order valence-corrected chi connectivity index (χ3v) is 5.43. The van der Waals surface area contributed by atoms with Crippen LogP contribution in [0, 0.1) is 13.8 Å². The summed E-state index contributed by atoms with van der Waals surface area (Å²) in [6, 6.07) is 0.111. The van der Waals surface area contributed by atoms with Crippen molar-refractivity contribution in [1.29, 1.82) is 0 Å². The van der Waals surface area contributed by atoms with Crippen molar-refractivity contribution in [2.45, 2.75) is 52.4 Å². The fourth-order valence-electron chi connectivity index (χ4n) is 2.19. The van der Waals surface area contributed by atoms with Gasteiger partial charge in [0.2, 0.25) is 5.91 Å². The first-order chi connectivity index (χ1) is 10.3. The number of carbonyl (C=O) groups excluding carboxylic acids is 1. The van der Waals surface area contributed by atoms with Gasteiger partial charge in [0.1, 0.15) is 4.83 Å². The Labute approximate surface area is 138 Å². The van der Waals surface area contributed by atoms with E-state index in [0.717, 1.165) is 15.3 Å². The zero-order chi connectivity index (χ0) is 16.4. The van der Waals surface area contributed by atoms with E-state index >= 15 is 0 Å². The maximum absolute atomic E-state index is 12.7. The Hall–Kier alpha value is -1.34. The molecule has 0 bridgehead atoms. The van der Waals surface area contributed by atoms with Gasteiger partial charge in [-0.15, -0.1) is 11.3 Å². The van der Waals surface area contributed by atoms with Crippen molar-refractivity contribution >= 4 is 39.2 Å². The van der Waals surface area contributed by atoms with Crippen LogP contribution in [-0.2, 0) is 11.3 Å². The maximum atomic E-state index is 12.7. The SMILES string of the molecule is CCn1c(SCC(=O)NC(C)C)nc2sc(C)c(C)c2c1=O. The van der Waals surface area contributed by atoms with Crippen molar-refractivity contribution in [3.8, 4) is 0 Å². The molecule has 0 saturated carbocycles. The predicted octanol–water partition coefficient (Wildman–Crippen LogP) is 2.71. The minimum absolute atomic E-state index is 0.0129. The highest BCUT2D eigenvalue weighted by atomic mass is 32.2. The average Bonchev–Trinajstić information content (AvgIpc) is 2.71. The van der Waals surface area contributed by atoms with Crippen LogP contribution in [0.5, 0.6) is 0 Å². The summed E-state index contributed by atoms with van der Waals surface area (Å²) >= 11 is 2.85. The molecule has 2 aromatic heterocycles. The van der Waals surface area contributed by atoms with Crippen molar-refractivity contribution in [2.24, 2.45) is 0 Å². The summed E-state index contributed by atoms with van der Waals surface area (Å²) in [6.45, 7) is 10.3. The molecule has 5 nitrogen and oxygen atoms in total. The number of amides is 1. The second-order valence-corrected chi connectivity index (χ2v) is 7.56. The normalized spacial score (nSPS) is 11.4. The maximum Gasteiger partial charge on any atom is 0.263 e. The third kappa shape index (κ3) is 3.35. The summed E-state index contributed by atoms with van der Waals surface area (Å²) in [5.74, 6) is 0.218. The molecule has 0 atom stereocenters. The van der Waals surface area contributed by atoms with Crippen LogP contribution in [-0.4, -0.2) is 27.3 Å². The number of fused-ring (bicyclic) bond motifs is 1. The summed E-state index contributed by atoms with van der Waals surface area (Å²) in [5, 5.41) is 4.16. The molecule has 120 valence electrons. The first-order valence-corrected chi connectivity index (χ1v) is 9.08. The van der Waals surface area contributed by atoms with E-state index in [1.165, 1.54) is 23.1 Å². The number of hydrogen-bond donors (Lipinski definition) is 1. The van der Waals surface area contributed by atoms with Crippen LogP contribution in [0.15, 0.2) is 9.95 Å². The Bertz CT molecular complexity index is 762. The van der Waals surface area contributed by atoms with Gasteiger partial charge in [0, 0.05) is 17.5 Å². The molecule has 0 saturated heterocycles. The average molecular weight is 339 g/mol.